The summed E-state index contributed by atoms with van der Waals surface area (Å²) in [5, 5.41) is 0. The Labute approximate surface area is 81.2 Å². The van der Waals surface area contributed by atoms with Crippen LogP contribution < -0.4 is 9.13 Å². The molecule has 0 radical (unpaired) electrons. The largest absolute Gasteiger partial charge is 0.286 e. The molecule has 3 heterocycles. The second-order valence-corrected chi connectivity index (χ2v) is 3.69. The fourth-order valence-corrected chi connectivity index (χ4v) is 1.85. The predicted molar refractivity (Wildman–Crippen MR) is 50.7 cm³/mol. The third kappa shape index (κ3) is 0.878. The molecular weight excluding hydrogens is 176 g/mol. The Balaban J connectivity index is 2.58. The molecule has 0 aromatic carbocycles. The van der Waals surface area contributed by atoms with E-state index in [0.717, 1.165) is 0 Å². The van der Waals surface area contributed by atoms with Gasteiger partial charge in [-0.2, -0.15) is 0 Å². The molecule has 3 rings (SSSR count). The molecule has 4 heteroatoms. The lowest BCUT2D eigenvalue weighted by Crippen LogP contribution is -2.24. The van der Waals surface area contributed by atoms with Gasteiger partial charge in [-0.25, -0.2) is 9.13 Å². The van der Waals surface area contributed by atoms with Crippen molar-refractivity contribution >= 4 is 11.0 Å². The van der Waals surface area contributed by atoms with Gasteiger partial charge in [0.1, 0.15) is 12.4 Å². The van der Waals surface area contributed by atoms with Gasteiger partial charge in [0.15, 0.2) is 0 Å². The number of rotatable bonds is 0. The van der Waals surface area contributed by atoms with Gasteiger partial charge in [-0.1, -0.05) is 0 Å². The van der Waals surface area contributed by atoms with Crippen LogP contribution in [0.5, 0.6) is 0 Å². The molecule has 0 saturated carbocycles. The summed E-state index contributed by atoms with van der Waals surface area (Å²) in [4.78, 5) is 0. The van der Waals surface area contributed by atoms with Crippen molar-refractivity contribution in [3.63, 3.8) is 0 Å². The van der Waals surface area contributed by atoms with Crippen LogP contribution in [0.1, 0.15) is 0 Å². The van der Waals surface area contributed by atoms with Gasteiger partial charge < -0.3 is 0 Å². The van der Waals surface area contributed by atoms with E-state index in [2.05, 4.69) is 55.3 Å². The molecule has 0 amide bonds. The lowest BCUT2D eigenvalue weighted by atomic mass is 10.4. The smallest absolute Gasteiger partial charge is 0.236 e. The maximum absolute atomic E-state index is 2.12. The topological polar surface area (TPSA) is 16.6 Å². The summed E-state index contributed by atoms with van der Waals surface area (Å²) >= 11 is 0. The van der Waals surface area contributed by atoms with Gasteiger partial charge in [0.05, 0.1) is 14.1 Å². The van der Waals surface area contributed by atoms with Crippen LogP contribution in [0.3, 0.4) is 0 Å². The molecule has 70 valence electrons. The van der Waals surface area contributed by atoms with E-state index in [1.165, 1.54) is 11.0 Å². The van der Waals surface area contributed by atoms with E-state index in [1.807, 2.05) is 14.1 Å². The Kier molecular flexibility index (Phi) is 1.27. The summed E-state index contributed by atoms with van der Waals surface area (Å²) < 4.78 is 8.34. The van der Waals surface area contributed by atoms with Crippen molar-refractivity contribution in [3.8, 4) is 0 Å². The first-order chi connectivity index (χ1) is 6.74. The Morgan fingerprint density at radius 2 is 1.29 bits per heavy atom. The van der Waals surface area contributed by atoms with Crippen LogP contribution in [-0.2, 0) is 14.1 Å². The number of nitrogens with zero attached hydrogens (tertiary/aromatic N) is 4. The molecular formula is C10H12N4+2. The van der Waals surface area contributed by atoms with Gasteiger partial charge in [-0.3, -0.25) is 0 Å². The molecule has 14 heavy (non-hydrogen) atoms. The van der Waals surface area contributed by atoms with Crippen molar-refractivity contribution in [2.45, 2.75) is 0 Å². The Morgan fingerprint density at radius 3 is 1.71 bits per heavy atom. The number of hydrogen-bond donors (Lipinski definition) is 0. The highest BCUT2D eigenvalue weighted by Crippen LogP contribution is 2.04. The van der Waals surface area contributed by atoms with E-state index >= 15 is 0 Å². The third-order valence-corrected chi connectivity index (χ3v) is 2.44. The molecule has 3 aromatic heterocycles. The zero-order valence-corrected chi connectivity index (χ0v) is 8.25. The molecule has 0 aliphatic carbocycles. The minimum absolute atomic E-state index is 1.19. The first-order valence-electron chi connectivity index (χ1n) is 4.58. The summed E-state index contributed by atoms with van der Waals surface area (Å²) in [6.07, 6.45) is 8.31. The number of hydrogen-bond acceptors (Lipinski definition) is 0. The van der Waals surface area contributed by atoms with E-state index < -0.39 is 0 Å². The van der Waals surface area contributed by atoms with Crippen LogP contribution in [0.4, 0.5) is 0 Å². The Bertz CT molecular complexity index is 562. The summed E-state index contributed by atoms with van der Waals surface area (Å²) in [7, 11) is 4.06. The van der Waals surface area contributed by atoms with Gasteiger partial charge in [0.25, 0.3) is 12.7 Å². The molecule has 3 aromatic rings. The lowest BCUT2D eigenvalue weighted by molar-refractivity contribution is -0.672. The van der Waals surface area contributed by atoms with Gasteiger partial charge in [0.2, 0.25) is 11.0 Å². The molecule has 0 spiro atoms. The number of aryl methyl sites for hydroxylation is 2. The fraction of sp³-hybridized carbons (Fsp3) is 0.200. The van der Waals surface area contributed by atoms with E-state index in [1.54, 1.807) is 0 Å². The molecule has 0 aliphatic rings. The molecule has 0 bridgehead atoms. The third-order valence-electron chi connectivity index (χ3n) is 2.44. The second-order valence-electron chi connectivity index (χ2n) is 3.69. The highest BCUT2D eigenvalue weighted by Gasteiger charge is 2.13. The predicted octanol–water partition coefficient (Wildman–Crippen LogP) is -0.159. The second kappa shape index (κ2) is 2.35. The van der Waals surface area contributed by atoms with E-state index in [0.29, 0.717) is 0 Å². The Morgan fingerprint density at radius 1 is 0.857 bits per heavy atom. The normalized spacial score (nSPS) is 11.6. The van der Waals surface area contributed by atoms with Crippen molar-refractivity contribution in [1.82, 2.24) is 9.03 Å². The first kappa shape index (κ1) is 7.55. The highest BCUT2D eigenvalue weighted by molar-refractivity contribution is 5.51. The molecule has 0 aliphatic heterocycles. The number of aromatic nitrogens is 4. The zero-order valence-electron chi connectivity index (χ0n) is 8.25. The van der Waals surface area contributed by atoms with Gasteiger partial charge >= 0.3 is 0 Å². The average molecular weight is 188 g/mol. The average Bonchev–Trinajstić information content (AvgIpc) is 2.65. The summed E-state index contributed by atoms with van der Waals surface area (Å²) in [6.45, 7) is 0. The highest BCUT2D eigenvalue weighted by atomic mass is 15.4. The van der Waals surface area contributed by atoms with Crippen LogP contribution in [0, 0.1) is 0 Å². The maximum atomic E-state index is 2.12. The van der Waals surface area contributed by atoms with Crippen molar-refractivity contribution in [3.05, 3.63) is 37.2 Å². The lowest BCUT2D eigenvalue weighted by Gasteiger charge is -1.83. The minimum Gasteiger partial charge on any atom is -0.236 e. The molecule has 0 saturated heterocycles. The SMILES string of the molecule is C[n+]1cc2ccc3c[n+](C)cn3n2c1. The van der Waals surface area contributed by atoms with Crippen molar-refractivity contribution in [1.29, 1.82) is 0 Å². The number of imidazole rings is 2. The summed E-state index contributed by atoms with van der Waals surface area (Å²) in [5.74, 6) is 0. The van der Waals surface area contributed by atoms with Gasteiger partial charge in [-0.15, -0.1) is 0 Å². The zero-order chi connectivity index (χ0) is 9.71. The minimum atomic E-state index is 1.19. The van der Waals surface area contributed by atoms with Crippen LogP contribution in [0.2, 0.25) is 0 Å². The number of fused-ring (bicyclic) bond motifs is 3. The van der Waals surface area contributed by atoms with Crippen LogP contribution in [-0.4, -0.2) is 9.03 Å². The van der Waals surface area contributed by atoms with E-state index in [-0.39, 0.29) is 0 Å². The molecule has 0 atom stereocenters. The monoisotopic (exact) mass is 188 g/mol. The van der Waals surface area contributed by atoms with Crippen LogP contribution in [0.15, 0.2) is 37.2 Å². The van der Waals surface area contributed by atoms with Crippen LogP contribution in [0.25, 0.3) is 11.0 Å². The summed E-state index contributed by atoms with van der Waals surface area (Å²) in [5.41, 5.74) is 2.38. The Hall–Kier alpha value is -1.84. The molecule has 4 nitrogen and oxygen atoms in total. The molecule has 0 unspecified atom stereocenters. The van der Waals surface area contributed by atoms with Crippen molar-refractivity contribution < 1.29 is 9.13 Å². The fourth-order valence-electron chi connectivity index (χ4n) is 1.85. The van der Waals surface area contributed by atoms with Crippen molar-refractivity contribution in [2.75, 3.05) is 0 Å². The van der Waals surface area contributed by atoms with Gasteiger partial charge in [-0.05, 0) is 21.2 Å². The summed E-state index contributed by atoms with van der Waals surface area (Å²) in [6, 6.07) is 4.24. The van der Waals surface area contributed by atoms with Gasteiger partial charge in [0, 0.05) is 0 Å². The van der Waals surface area contributed by atoms with Crippen LogP contribution >= 0.6 is 0 Å². The van der Waals surface area contributed by atoms with Crippen molar-refractivity contribution in [2.24, 2.45) is 14.1 Å². The van der Waals surface area contributed by atoms with E-state index in [9.17, 15) is 0 Å². The quantitative estimate of drug-likeness (QED) is 0.436. The van der Waals surface area contributed by atoms with E-state index in [4.69, 9.17) is 0 Å². The maximum Gasteiger partial charge on any atom is 0.286 e. The standard InChI is InChI=1S/C10H12N4/c1-11-5-9-3-4-10-6-12(2)8-14(10)13(9)7-11/h3-8H,1-2H3/q+2. The first-order valence-corrected chi connectivity index (χ1v) is 4.58. The molecule has 0 N–H and O–H groups in total. The molecule has 0 fully saturated rings.